The van der Waals surface area contributed by atoms with E-state index in [0.29, 0.717) is 19.6 Å². The van der Waals surface area contributed by atoms with Crippen molar-refractivity contribution in [3.63, 3.8) is 0 Å². The highest BCUT2D eigenvalue weighted by molar-refractivity contribution is 9.09. The molecule has 1 saturated carbocycles. The van der Waals surface area contributed by atoms with Crippen LogP contribution in [0.5, 0.6) is 0 Å². The molecule has 0 bridgehead atoms. The summed E-state index contributed by atoms with van der Waals surface area (Å²) in [5.74, 6) is -0.155. The summed E-state index contributed by atoms with van der Waals surface area (Å²) in [6.45, 7) is 6.46. The van der Waals surface area contributed by atoms with E-state index >= 15 is 0 Å². The minimum atomic E-state index is -0.516. The van der Waals surface area contributed by atoms with E-state index < -0.39 is 11.7 Å². The Bertz CT molecular complexity index is 400. The van der Waals surface area contributed by atoms with Crippen LogP contribution in [0, 0.1) is 5.41 Å². The fourth-order valence-electron chi connectivity index (χ4n) is 3.03. The van der Waals surface area contributed by atoms with Gasteiger partial charge in [0.2, 0.25) is 0 Å². The van der Waals surface area contributed by atoms with E-state index in [2.05, 4.69) is 21.2 Å². The van der Waals surface area contributed by atoms with Gasteiger partial charge < -0.3 is 14.8 Å². The number of carbonyl (C=O) groups excluding carboxylic acids is 2. The Morgan fingerprint density at radius 3 is 2.38 bits per heavy atom. The van der Waals surface area contributed by atoms with Crippen LogP contribution in [0.25, 0.3) is 0 Å². The fraction of sp³-hybridized carbons (Fsp3) is 0.889. The summed E-state index contributed by atoms with van der Waals surface area (Å²) in [7, 11) is 0. The van der Waals surface area contributed by atoms with Crippen molar-refractivity contribution in [1.82, 2.24) is 5.32 Å². The van der Waals surface area contributed by atoms with Crippen molar-refractivity contribution in [2.24, 2.45) is 5.41 Å². The molecule has 0 radical (unpaired) electrons. The number of alkyl halides is 1. The smallest absolute Gasteiger partial charge is 0.407 e. The van der Waals surface area contributed by atoms with Crippen molar-refractivity contribution in [2.45, 2.75) is 77.7 Å². The number of rotatable bonds is 8. The van der Waals surface area contributed by atoms with Crippen molar-refractivity contribution in [3.8, 4) is 0 Å². The van der Waals surface area contributed by atoms with Gasteiger partial charge in [-0.05, 0) is 51.9 Å². The molecular weight excluding hydrogens is 374 g/mol. The molecule has 0 aromatic rings. The third-order valence-electron chi connectivity index (χ3n) is 4.23. The molecule has 1 rings (SSSR count). The van der Waals surface area contributed by atoms with Gasteiger partial charge in [0.15, 0.2) is 0 Å². The lowest BCUT2D eigenvalue weighted by Gasteiger charge is -2.36. The standard InChI is InChI=1S/C18H32BrNO4/c1-17(2,3)24-16(22)20-14-18(9-5-4-6-10-18)13-15(21)23-12-8-7-11-19/h4-14H2,1-3H3,(H,20,22). The summed E-state index contributed by atoms with van der Waals surface area (Å²) in [5, 5.41) is 3.78. The molecule has 1 aliphatic carbocycles. The Kier molecular flexibility index (Phi) is 9.09. The predicted octanol–water partition coefficient (Wildman–Crippen LogP) is 4.57. The number of nitrogens with one attached hydrogen (secondary N) is 1. The number of halogens is 1. The van der Waals surface area contributed by atoms with Crippen LogP contribution in [-0.2, 0) is 14.3 Å². The van der Waals surface area contributed by atoms with Crippen LogP contribution in [0.4, 0.5) is 4.79 Å². The lowest BCUT2D eigenvalue weighted by molar-refractivity contribution is -0.147. The molecule has 0 unspecified atom stereocenters. The Morgan fingerprint density at radius 2 is 1.79 bits per heavy atom. The quantitative estimate of drug-likeness (QED) is 0.364. The zero-order valence-corrected chi connectivity index (χ0v) is 16.9. The van der Waals surface area contributed by atoms with Crippen LogP contribution in [0.1, 0.15) is 72.1 Å². The molecule has 0 heterocycles. The number of hydrogen-bond donors (Lipinski definition) is 1. The van der Waals surface area contributed by atoms with E-state index in [9.17, 15) is 9.59 Å². The zero-order chi connectivity index (χ0) is 18.1. The molecule has 0 saturated heterocycles. The maximum Gasteiger partial charge on any atom is 0.407 e. The highest BCUT2D eigenvalue weighted by Crippen LogP contribution is 2.39. The molecule has 0 aromatic carbocycles. The minimum Gasteiger partial charge on any atom is -0.466 e. The second-order valence-electron chi connectivity index (χ2n) is 7.71. The Balaban J connectivity index is 2.50. The molecule has 0 spiro atoms. The molecule has 0 aliphatic heterocycles. The summed E-state index contributed by atoms with van der Waals surface area (Å²) in [4.78, 5) is 24.1. The first-order valence-corrected chi connectivity index (χ1v) is 10.1. The number of unbranched alkanes of at least 4 members (excludes halogenated alkanes) is 1. The SMILES string of the molecule is CC(C)(C)OC(=O)NCC1(CC(=O)OCCCCBr)CCCCC1. The normalized spacial score (nSPS) is 17.2. The van der Waals surface area contributed by atoms with Gasteiger partial charge in [0.25, 0.3) is 0 Å². The summed E-state index contributed by atoms with van der Waals surface area (Å²) in [5.41, 5.74) is -0.709. The van der Waals surface area contributed by atoms with Crippen LogP contribution in [0.15, 0.2) is 0 Å². The van der Waals surface area contributed by atoms with Crippen molar-refractivity contribution in [3.05, 3.63) is 0 Å². The maximum atomic E-state index is 12.2. The summed E-state index contributed by atoms with van der Waals surface area (Å²) >= 11 is 3.37. The van der Waals surface area contributed by atoms with Crippen LogP contribution >= 0.6 is 15.9 Å². The van der Waals surface area contributed by atoms with Gasteiger partial charge in [-0.15, -0.1) is 0 Å². The highest BCUT2D eigenvalue weighted by Gasteiger charge is 2.35. The second kappa shape index (κ2) is 10.3. The van der Waals surface area contributed by atoms with E-state index in [1.807, 2.05) is 20.8 Å². The molecule has 140 valence electrons. The molecule has 0 aromatic heterocycles. The minimum absolute atomic E-state index is 0.155. The van der Waals surface area contributed by atoms with E-state index in [4.69, 9.17) is 9.47 Å². The molecule has 1 amide bonds. The van der Waals surface area contributed by atoms with Gasteiger partial charge in [0, 0.05) is 11.9 Å². The third-order valence-corrected chi connectivity index (χ3v) is 4.79. The molecule has 5 nitrogen and oxygen atoms in total. The number of ether oxygens (including phenoxy) is 2. The number of carbonyl (C=O) groups is 2. The van der Waals surface area contributed by atoms with Gasteiger partial charge in [-0.3, -0.25) is 4.79 Å². The van der Waals surface area contributed by atoms with Crippen LogP contribution in [0.3, 0.4) is 0 Å². The van der Waals surface area contributed by atoms with Gasteiger partial charge in [0.05, 0.1) is 13.0 Å². The lowest BCUT2D eigenvalue weighted by Crippen LogP contribution is -2.42. The van der Waals surface area contributed by atoms with E-state index in [0.717, 1.165) is 43.9 Å². The van der Waals surface area contributed by atoms with Gasteiger partial charge in [-0.25, -0.2) is 4.79 Å². The first-order valence-electron chi connectivity index (χ1n) is 8.95. The fourth-order valence-corrected chi connectivity index (χ4v) is 3.43. The molecular formula is C18H32BrNO4. The molecule has 1 N–H and O–H groups in total. The van der Waals surface area contributed by atoms with Gasteiger partial charge in [-0.1, -0.05) is 35.2 Å². The Morgan fingerprint density at radius 1 is 1.12 bits per heavy atom. The Hall–Kier alpha value is -0.780. The highest BCUT2D eigenvalue weighted by atomic mass is 79.9. The van der Waals surface area contributed by atoms with Crippen LogP contribution in [-0.4, -0.2) is 36.1 Å². The van der Waals surface area contributed by atoms with Gasteiger partial charge in [-0.2, -0.15) is 0 Å². The largest absolute Gasteiger partial charge is 0.466 e. The first kappa shape index (κ1) is 21.3. The molecule has 6 heteroatoms. The second-order valence-corrected chi connectivity index (χ2v) is 8.50. The van der Waals surface area contributed by atoms with Crippen LogP contribution < -0.4 is 5.32 Å². The molecule has 1 fully saturated rings. The van der Waals surface area contributed by atoms with Crippen molar-refractivity contribution in [2.75, 3.05) is 18.5 Å². The summed E-state index contributed by atoms with van der Waals surface area (Å²) in [6, 6.07) is 0. The Labute approximate surface area is 154 Å². The zero-order valence-electron chi connectivity index (χ0n) is 15.3. The number of alkyl carbamates (subject to hydrolysis) is 1. The lowest BCUT2D eigenvalue weighted by atomic mass is 9.71. The molecule has 0 atom stereocenters. The van der Waals surface area contributed by atoms with Gasteiger partial charge in [0.1, 0.15) is 5.60 Å². The van der Waals surface area contributed by atoms with E-state index in [-0.39, 0.29) is 11.4 Å². The van der Waals surface area contributed by atoms with Crippen LogP contribution in [0.2, 0.25) is 0 Å². The molecule has 24 heavy (non-hydrogen) atoms. The topological polar surface area (TPSA) is 64.6 Å². The van der Waals surface area contributed by atoms with E-state index in [1.54, 1.807) is 0 Å². The number of esters is 1. The predicted molar refractivity (Wildman–Crippen MR) is 98.4 cm³/mol. The third kappa shape index (κ3) is 8.90. The number of hydrogen-bond acceptors (Lipinski definition) is 4. The summed E-state index contributed by atoms with van der Waals surface area (Å²) < 4.78 is 10.7. The average Bonchev–Trinajstić information content (AvgIpc) is 2.49. The maximum absolute atomic E-state index is 12.2. The van der Waals surface area contributed by atoms with Crippen molar-refractivity contribution >= 4 is 28.0 Å². The van der Waals surface area contributed by atoms with Crippen molar-refractivity contribution in [1.29, 1.82) is 0 Å². The number of amides is 1. The van der Waals surface area contributed by atoms with E-state index in [1.165, 1.54) is 6.42 Å². The molecule has 1 aliphatic rings. The summed E-state index contributed by atoms with van der Waals surface area (Å²) in [6.07, 6.45) is 7.08. The average molecular weight is 406 g/mol. The monoisotopic (exact) mass is 405 g/mol. The van der Waals surface area contributed by atoms with Gasteiger partial charge >= 0.3 is 12.1 Å². The first-order chi connectivity index (χ1) is 11.3. The van der Waals surface area contributed by atoms with Crippen molar-refractivity contribution < 1.29 is 19.1 Å².